The summed E-state index contributed by atoms with van der Waals surface area (Å²) in [6, 6.07) is 6.00. The standard InChI is InChI=1S/C15H10F4O/c16-10-4-9(5-11(17)7-10)6-12(20)8-13-14(18)2-1-3-15(13)19/h1-5,7H,6,8H2. The molecule has 0 aliphatic heterocycles. The molecule has 0 aliphatic carbocycles. The minimum atomic E-state index is -0.816. The molecule has 0 aromatic heterocycles. The van der Waals surface area contributed by atoms with Crippen LogP contribution in [0.4, 0.5) is 17.6 Å². The highest BCUT2D eigenvalue weighted by molar-refractivity contribution is 5.83. The van der Waals surface area contributed by atoms with Gasteiger partial charge in [0.2, 0.25) is 0 Å². The first-order valence-corrected chi connectivity index (χ1v) is 5.85. The van der Waals surface area contributed by atoms with Crippen LogP contribution in [0.3, 0.4) is 0 Å². The zero-order valence-corrected chi connectivity index (χ0v) is 10.3. The van der Waals surface area contributed by atoms with Crippen molar-refractivity contribution >= 4 is 5.78 Å². The second kappa shape index (κ2) is 5.86. The minimum absolute atomic E-state index is 0.129. The summed E-state index contributed by atoms with van der Waals surface area (Å²) >= 11 is 0. The van der Waals surface area contributed by atoms with E-state index in [2.05, 4.69) is 0 Å². The van der Waals surface area contributed by atoms with Crippen LogP contribution in [0.5, 0.6) is 0 Å². The largest absolute Gasteiger partial charge is 0.299 e. The summed E-state index contributed by atoms with van der Waals surface area (Å²) in [6.45, 7) is 0. The van der Waals surface area contributed by atoms with Gasteiger partial charge in [0.15, 0.2) is 0 Å². The van der Waals surface area contributed by atoms with E-state index in [9.17, 15) is 22.4 Å². The maximum atomic E-state index is 13.4. The van der Waals surface area contributed by atoms with E-state index < -0.39 is 35.5 Å². The normalized spacial score (nSPS) is 10.6. The van der Waals surface area contributed by atoms with Gasteiger partial charge in [-0.3, -0.25) is 4.79 Å². The summed E-state index contributed by atoms with van der Waals surface area (Å²) in [5.41, 5.74) is -0.210. The van der Waals surface area contributed by atoms with E-state index in [1.807, 2.05) is 0 Å². The SMILES string of the molecule is O=C(Cc1cc(F)cc(F)c1)Cc1c(F)cccc1F. The Morgan fingerprint density at radius 3 is 1.95 bits per heavy atom. The molecule has 0 spiro atoms. The molecular formula is C15H10F4O. The average Bonchev–Trinajstić information content (AvgIpc) is 2.32. The van der Waals surface area contributed by atoms with Gasteiger partial charge in [-0.25, -0.2) is 17.6 Å². The molecular weight excluding hydrogens is 272 g/mol. The highest BCUT2D eigenvalue weighted by atomic mass is 19.1. The minimum Gasteiger partial charge on any atom is -0.299 e. The first-order valence-electron chi connectivity index (χ1n) is 5.85. The molecule has 0 radical (unpaired) electrons. The lowest BCUT2D eigenvalue weighted by Gasteiger charge is -2.05. The second-order valence-electron chi connectivity index (χ2n) is 4.37. The molecule has 2 aromatic carbocycles. The Morgan fingerprint density at radius 1 is 0.850 bits per heavy atom. The Hall–Kier alpha value is -2.17. The summed E-state index contributed by atoms with van der Waals surface area (Å²) in [4.78, 5) is 11.7. The van der Waals surface area contributed by atoms with Gasteiger partial charge in [0, 0.05) is 24.5 Å². The van der Waals surface area contributed by atoms with Gasteiger partial charge >= 0.3 is 0 Å². The maximum absolute atomic E-state index is 13.4. The van der Waals surface area contributed by atoms with E-state index >= 15 is 0 Å². The highest BCUT2D eigenvalue weighted by Gasteiger charge is 2.14. The molecule has 2 rings (SSSR count). The molecule has 0 fully saturated rings. The van der Waals surface area contributed by atoms with Crippen LogP contribution in [0.15, 0.2) is 36.4 Å². The van der Waals surface area contributed by atoms with Gasteiger partial charge in [0.05, 0.1) is 0 Å². The number of hydrogen-bond acceptors (Lipinski definition) is 1. The molecule has 0 N–H and O–H groups in total. The van der Waals surface area contributed by atoms with Gasteiger partial charge in [-0.05, 0) is 29.8 Å². The van der Waals surface area contributed by atoms with Gasteiger partial charge in [-0.1, -0.05) is 6.07 Å². The number of benzene rings is 2. The molecule has 0 amide bonds. The Balaban J connectivity index is 2.13. The molecule has 104 valence electrons. The van der Waals surface area contributed by atoms with Crippen LogP contribution in [0, 0.1) is 23.3 Å². The monoisotopic (exact) mass is 282 g/mol. The van der Waals surface area contributed by atoms with E-state index in [0.717, 1.165) is 24.3 Å². The molecule has 0 unspecified atom stereocenters. The van der Waals surface area contributed by atoms with Crippen molar-refractivity contribution in [1.82, 2.24) is 0 Å². The average molecular weight is 282 g/mol. The third-order valence-corrected chi connectivity index (χ3v) is 2.76. The Kier molecular flexibility index (Phi) is 4.17. The van der Waals surface area contributed by atoms with Crippen molar-refractivity contribution in [3.05, 3.63) is 70.8 Å². The van der Waals surface area contributed by atoms with E-state index in [1.54, 1.807) is 0 Å². The first kappa shape index (κ1) is 14.2. The smallest absolute Gasteiger partial charge is 0.141 e. The number of rotatable bonds is 4. The Morgan fingerprint density at radius 2 is 1.40 bits per heavy atom. The molecule has 0 heterocycles. The van der Waals surface area contributed by atoms with Gasteiger partial charge in [-0.2, -0.15) is 0 Å². The summed E-state index contributed by atoms with van der Waals surface area (Å²) < 4.78 is 52.7. The van der Waals surface area contributed by atoms with Crippen LogP contribution < -0.4 is 0 Å². The molecule has 20 heavy (non-hydrogen) atoms. The van der Waals surface area contributed by atoms with Crippen molar-refractivity contribution in [2.24, 2.45) is 0 Å². The van der Waals surface area contributed by atoms with Crippen molar-refractivity contribution < 1.29 is 22.4 Å². The van der Waals surface area contributed by atoms with Crippen molar-refractivity contribution in [3.63, 3.8) is 0 Å². The molecule has 0 atom stereocenters. The highest BCUT2D eigenvalue weighted by Crippen LogP contribution is 2.15. The molecule has 5 heteroatoms. The van der Waals surface area contributed by atoms with Gasteiger partial charge in [0.25, 0.3) is 0 Å². The molecule has 0 saturated heterocycles. The number of carbonyl (C=O) groups is 1. The van der Waals surface area contributed by atoms with Crippen LogP contribution in [0.1, 0.15) is 11.1 Å². The van der Waals surface area contributed by atoms with E-state index in [4.69, 9.17) is 0 Å². The zero-order chi connectivity index (χ0) is 14.7. The molecule has 1 nitrogen and oxygen atoms in total. The maximum Gasteiger partial charge on any atom is 0.141 e. The van der Waals surface area contributed by atoms with Crippen LogP contribution in [0.2, 0.25) is 0 Å². The first-order chi connectivity index (χ1) is 9.45. The van der Waals surface area contributed by atoms with E-state index in [0.29, 0.717) is 6.07 Å². The number of halogens is 4. The lowest BCUT2D eigenvalue weighted by atomic mass is 10.0. The number of carbonyl (C=O) groups excluding carboxylic acids is 1. The van der Waals surface area contributed by atoms with Crippen molar-refractivity contribution in [2.45, 2.75) is 12.8 Å². The lowest BCUT2D eigenvalue weighted by molar-refractivity contribution is -0.117. The fraction of sp³-hybridized carbons (Fsp3) is 0.133. The molecule has 0 saturated carbocycles. The summed E-state index contributed by atoms with van der Waals surface area (Å²) in [7, 11) is 0. The van der Waals surface area contributed by atoms with Crippen molar-refractivity contribution in [1.29, 1.82) is 0 Å². The third kappa shape index (κ3) is 3.44. The van der Waals surface area contributed by atoms with Crippen molar-refractivity contribution in [2.75, 3.05) is 0 Å². The quantitative estimate of drug-likeness (QED) is 0.783. The predicted octanol–water partition coefficient (Wildman–Crippen LogP) is 3.60. The lowest BCUT2D eigenvalue weighted by Crippen LogP contribution is -2.10. The number of Topliss-reactive ketones (excluding diaryl/α,β-unsaturated/α-hetero) is 1. The topological polar surface area (TPSA) is 17.1 Å². The fourth-order valence-corrected chi connectivity index (χ4v) is 1.90. The third-order valence-electron chi connectivity index (χ3n) is 2.76. The fourth-order valence-electron chi connectivity index (χ4n) is 1.90. The molecule has 2 aromatic rings. The molecule has 0 aliphatic rings. The van der Waals surface area contributed by atoms with E-state index in [1.165, 1.54) is 6.07 Å². The summed E-state index contributed by atoms with van der Waals surface area (Å²) in [6.07, 6.45) is -0.751. The summed E-state index contributed by atoms with van der Waals surface area (Å²) in [5, 5.41) is 0. The summed E-state index contributed by atoms with van der Waals surface area (Å²) in [5.74, 6) is -3.76. The van der Waals surface area contributed by atoms with Crippen molar-refractivity contribution in [3.8, 4) is 0 Å². The molecule has 0 bridgehead atoms. The van der Waals surface area contributed by atoms with Crippen LogP contribution in [-0.2, 0) is 17.6 Å². The Labute approximate surface area is 112 Å². The van der Waals surface area contributed by atoms with Gasteiger partial charge < -0.3 is 0 Å². The zero-order valence-electron chi connectivity index (χ0n) is 10.3. The van der Waals surface area contributed by atoms with Gasteiger partial charge in [0.1, 0.15) is 29.1 Å². The number of hydrogen-bond donors (Lipinski definition) is 0. The Bertz CT molecular complexity index is 612. The van der Waals surface area contributed by atoms with Crippen LogP contribution >= 0.6 is 0 Å². The predicted molar refractivity (Wildman–Crippen MR) is 65.1 cm³/mol. The van der Waals surface area contributed by atoms with Crippen LogP contribution in [0.25, 0.3) is 0 Å². The van der Waals surface area contributed by atoms with Gasteiger partial charge in [-0.15, -0.1) is 0 Å². The van der Waals surface area contributed by atoms with E-state index in [-0.39, 0.29) is 17.5 Å². The van der Waals surface area contributed by atoms with Crippen LogP contribution in [-0.4, -0.2) is 5.78 Å². The number of ketones is 1. The second-order valence-corrected chi connectivity index (χ2v) is 4.37.